The van der Waals surface area contributed by atoms with Gasteiger partial charge in [0.15, 0.2) is 0 Å². The Labute approximate surface area is 88.5 Å². The quantitative estimate of drug-likeness (QED) is 0.553. The molecule has 15 heavy (non-hydrogen) atoms. The normalized spacial score (nSPS) is 18.7. The summed E-state index contributed by atoms with van der Waals surface area (Å²) >= 11 is 0. The minimum absolute atomic E-state index is 0.281. The van der Waals surface area contributed by atoms with Crippen LogP contribution < -0.4 is 4.74 Å². The molecule has 0 N–H and O–H groups in total. The molecule has 1 fully saturated rings. The number of epoxide rings is 1. The number of hydrogen-bond donors (Lipinski definition) is 0. The first-order valence-corrected chi connectivity index (χ1v) is 4.79. The zero-order valence-electron chi connectivity index (χ0n) is 8.22. The van der Waals surface area contributed by atoms with Gasteiger partial charge in [0.25, 0.3) is 0 Å². The zero-order valence-corrected chi connectivity index (χ0v) is 8.22. The van der Waals surface area contributed by atoms with E-state index >= 15 is 0 Å². The third-order valence-corrected chi connectivity index (χ3v) is 2.07. The van der Waals surface area contributed by atoms with E-state index in [1.807, 2.05) is 30.3 Å². The molecule has 1 saturated heterocycles. The van der Waals surface area contributed by atoms with Crippen LogP contribution in [0.15, 0.2) is 30.3 Å². The summed E-state index contributed by atoms with van der Waals surface area (Å²) in [6.45, 7) is 1.43. The van der Waals surface area contributed by atoms with Gasteiger partial charge in [-0.3, -0.25) is 0 Å². The van der Waals surface area contributed by atoms with Gasteiger partial charge in [-0.05, 0) is 23.8 Å². The van der Waals surface area contributed by atoms with Gasteiger partial charge in [-0.15, -0.1) is 0 Å². The predicted octanol–water partition coefficient (Wildman–Crippen LogP) is 2.00. The van der Waals surface area contributed by atoms with Gasteiger partial charge in [-0.25, -0.2) is 0 Å². The van der Waals surface area contributed by atoms with E-state index in [0.29, 0.717) is 6.61 Å². The maximum atomic E-state index is 8.36. The lowest BCUT2D eigenvalue weighted by Gasteiger charge is -2.03. The lowest BCUT2D eigenvalue weighted by atomic mass is 10.2. The van der Waals surface area contributed by atoms with Gasteiger partial charge >= 0.3 is 0 Å². The Kier molecular flexibility index (Phi) is 3.01. The molecule has 0 aliphatic carbocycles. The highest BCUT2D eigenvalue weighted by molar-refractivity contribution is 5.52. The van der Waals surface area contributed by atoms with Gasteiger partial charge < -0.3 is 9.47 Å². The molecular weight excluding hydrogens is 190 g/mol. The topological polar surface area (TPSA) is 45.5 Å². The molecule has 1 aliphatic rings. The Morgan fingerprint density at radius 3 is 2.80 bits per heavy atom. The average molecular weight is 201 g/mol. The lowest BCUT2D eigenvalue weighted by Crippen LogP contribution is -2.03. The van der Waals surface area contributed by atoms with Gasteiger partial charge in [-0.1, -0.05) is 12.1 Å². The summed E-state index contributed by atoms with van der Waals surface area (Å²) in [7, 11) is 0. The first kappa shape index (κ1) is 9.75. The highest BCUT2D eigenvalue weighted by Crippen LogP contribution is 2.16. The molecule has 1 heterocycles. The fourth-order valence-electron chi connectivity index (χ4n) is 1.16. The molecule has 0 spiro atoms. The molecule has 3 nitrogen and oxygen atoms in total. The molecule has 3 heteroatoms. The van der Waals surface area contributed by atoms with Crippen LogP contribution in [0.2, 0.25) is 0 Å². The minimum atomic E-state index is 0.281. The van der Waals surface area contributed by atoms with Gasteiger partial charge in [0, 0.05) is 6.08 Å². The van der Waals surface area contributed by atoms with Crippen molar-refractivity contribution < 1.29 is 9.47 Å². The number of rotatable bonds is 4. The number of nitriles is 1. The van der Waals surface area contributed by atoms with E-state index in [1.54, 1.807) is 6.08 Å². The van der Waals surface area contributed by atoms with E-state index in [9.17, 15) is 0 Å². The van der Waals surface area contributed by atoms with Crippen molar-refractivity contribution in [1.29, 1.82) is 5.26 Å². The van der Waals surface area contributed by atoms with Crippen molar-refractivity contribution >= 4 is 6.08 Å². The van der Waals surface area contributed by atoms with Crippen LogP contribution in [0.1, 0.15) is 5.56 Å². The van der Waals surface area contributed by atoms with Gasteiger partial charge in [-0.2, -0.15) is 5.26 Å². The summed E-state index contributed by atoms with van der Waals surface area (Å²) < 4.78 is 10.5. The lowest BCUT2D eigenvalue weighted by molar-refractivity contribution is 0.263. The molecule has 1 atom stereocenters. The summed E-state index contributed by atoms with van der Waals surface area (Å²) in [5.74, 6) is 0.833. The third-order valence-electron chi connectivity index (χ3n) is 2.07. The van der Waals surface area contributed by atoms with Crippen LogP contribution in [0.4, 0.5) is 0 Å². The fraction of sp³-hybridized carbons (Fsp3) is 0.250. The van der Waals surface area contributed by atoms with Crippen molar-refractivity contribution in [2.45, 2.75) is 6.10 Å². The summed E-state index contributed by atoms with van der Waals surface area (Å²) in [5.41, 5.74) is 0.992. The van der Waals surface area contributed by atoms with Crippen LogP contribution in [0.25, 0.3) is 6.08 Å². The molecule has 2 rings (SSSR count). The Bertz CT molecular complexity index is 385. The van der Waals surface area contributed by atoms with Crippen molar-refractivity contribution in [3.05, 3.63) is 35.9 Å². The maximum Gasteiger partial charge on any atom is 0.119 e. The average Bonchev–Trinajstić information content (AvgIpc) is 3.09. The molecule has 0 bridgehead atoms. The van der Waals surface area contributed by atoms with Gasteiger partial charge in [0.2, 0.25) is 0 Å². The first-order chi connectivity index (χ1) is 7.38. The predicted molar refractivity (Wildman–Crippen MR) is 56.3 cm³/mol. The van der Waals surface area contributed by atoms with Gasteiger partial charge in [0.1, 0.15) is 18.5 Å². The van der Waals surface area contributed by atoms with Crippen LogP contribution in [-0.4, -0.2) is 19.3 Å². The van der Waals surface area contributed by atoms with Crippen LogP contribution in [0, 0.1) is 11.3 Å². The number of allylic oxidation sites excluding steroid dienone is 1. The summed E-state index contributed by atoms with van der Waals surface area (Å²) in [4.78, 5) is 0. The largest absolute Gasteiger partial charge is 0.491 e. The molecule has 1 unspecified atom stereocenters. The summed E-state index contributed by atoms with van der Waals surface area (Å²) in [6.07, 6.45) is 3.49. The van der Waals surface area contributed by atoms with E-state index in [1.165, 1.54) is 6.08 Å². The Morgan fingerprint density at radius 1 is 1.47 bits per heavy atom. The molecule has 0 saturated carbocycles. The number of ether oxygens (including phenoxy) is 2. The van der Waals surface area contributed by atoms with Crippen molar-refractivity contribution in [2.75, 3.05) is 13.2 Å². The first-order valence-electron chi connectivity index (χ1n) is 4.79. The molecule has 0 amide bonds. The Hall–Kier alpha value is -1.79. The summed E-state index contributed by atoms with van der Waals surface area (Å²) in [5, 5.41) is 8.36. The van der Waals surface area contributed by atoms with Gasteiger partial charge in [0.05, 0.1) is 12.7 Å². The fourth-order valence-corrected chi connectivity index (χ4v) is 1.16. The van der Waals surface area contributed by atoms with E-state index < -0.39 is 0 Å². The molecule has 0 aromatic heterocycles. The monoisotopic (exact) mass is 201 g/mol. The smallest absolute Gasteiger partial charge is 0.119 e. The highest BCUT2D eigenvalue weighted by Gasteiger charge is 2.22. The zero-order chi connectivity index (χ0) is 10.5. The van der Waals surface area contributed by atoms with Crippen LogP contribution in [0.3, 0.4) is 0 Å². The summed E-state index contributed by atoms with van der Waals surface area (Å²) in [6, 6.07) is 9.55. The SMILES string of the molecule is N#CC=Cc1ccc(OCC2CO2)cc1. The van der Waals surface area contributed by atoms with Crippen LogP contribution >= 0.6 is 0 Å². The highest BCUT2D eigenvalue weighted by atomic mass is 16.6. The molecule has 76 valence electrons. The Morgan fingerprint density at radius 2 is 2.20 bits per heavy atom. The van der Waals surface area contributed by atoms with E-state index in [2.05, 4.69) is 0 Å². The number of nitrogens with zero attached hydrogens (tertiary/aromatic N) is 1. The minimum Gasteiger partial charge on any atom is -0.491 e. The molecule has 1 aromatic rings. The second-order valence-corrected chi connectivity index (χ2v) is 3.30. The molecule has 0 radical (unpaired) electrons. The molecule has 1 aromatic carbocycles. The standard InChI is InChI=1S/C12H11NO2/c13-7-1-2-10-3-5-11(6-4-10)14-8-12-9-15-12/h1-6,12H,8-9H2. The van der Waals surface area contributed by atoms with Crippen molar-refractivity contribution in [3.63, 3.8) is 0 Å². The third kappa shape index (κ3) is 3.12. The maximum absolute atomic E-state index is 8.36. The van der Waals surface area contributed by atoms with Crippen LogP contribution in [0.5, 0.6) is 5.75 Å². The number of hydrogen-bond acceptors (Lipinski definition) is 3. The Balaban J connectivity index is 1.91. The second-order valence-electron chi connectivity index (χ2n) is 3.30. The van der Waals surface area contributed by atoms with Crippen molar-refractivity contribution in [2.24, 2.45) is 0 Å². The van der Waals surface area contributed by atoms with E-state index in [0.717, 1.165) is 17.9 Å². The second kappa shape index (κ2) is 4.63. The molecule has 1 aliphatic heterocycles. The van der Waals surface area contributed by atoms with E-state index in [-0.39, 0.29) is 6.10 Å². The van der Waals surface area contributed by atoms with Crippen molar-refractivity contribution in [3.8, 4) is 11.8 Å². The van der Waals surface area contributed by atoms with Crippen molar-refractivity contribution in [1.82, 2.24) is 0 Å². The van der Waals surface area contributed by atoms with E-state index in [4.69, 9.17) is 14.7 Å². The molecular formula is C12H11NO2. The number of benzene rings is 1. The van der Waals surface area contributed by atoms with Crippen LogP contribution in [-0.2, 0) is 4.74 Å².